The third-order valence-electron chi connectivity index (χ3n) is 23.7. The number of anilines is 6. The molecule has 0 amide bonds. The number of hydrogen-bond donors (Lipinski definition) is 0. The molecule has 0 atom stereocenters. The number of nitrogens with zero attached hydrogens (tertiary/aromatic N) is 4. The lowest BCUT2D eigenvalue weighted by atomic mass is 9.33. The van der Waals surface area contributed by atoms with Crippen LogP contribution in [0.25, 0.3) is 99.5 Å². The van der Waals surface area contributed by atoms with Crippen molar-refractivity contribution in [3.05, 3.63) is 305 Å². The molecule has 0 unspecified atom stereocenters. The van der Waals surface area contributed by atoms with E-state index in [9.17, 15) is 24.7 Å². The molecule has 0 spiro atoms. The van der Waals surface area contributed by atoms with E-state index in [0.29, 0.717) is 152 Å². The smallest absolute Gasteiger partial charge is 0.252 e. The Morgan fingerprint density at radius 2 is 0.595 bits per heavy atom. The molecule has 0 aliphatic carbocycles. The first kappa shape index (κ1) is 67.4. The van der Waals surface area contributed by atoms with Gasteiger partial charge >= 0.3 is 0 Å². The molecule has 4 heterocycles. The Kier molecular flexibility index (Phi) is 16.9. The fourth-order valence-corrected chi connectivity index (χ4v) is 19.0. The zero-order chi connectivity index (χ0) is 106. The number of rotatable bonds is 15. The van der Waals surface area contributed by atoms with Crippen molar-refractivity contribution in [1.82, 2.24) is 9.13 Å². The van der Waals surface area contributed by atoms with Gasteiger partial charge in [-0.2, -0.15) is 0 Å². The minimum atomic E-state index is -2.26. The summed E-state index contributed by atoms with van der Waals surface area (Å²) in [6.45, 7) is 53.4. The summed E-state index contributed by atoms with van der Waals surface area (Å²) in [5.41, 5.74) is 12.9. The minimum absolute atomic E-state index is 0.208. The average Bonchev–Trinajstić information content (AvgIpc) is 0.839. The number of fused-ring (bicyclic) bond motifs is 10. The lowest BCUT2D eigenvalue weighted by Crippen LogP contribution is -2.61. The standard InChI is InChI=1S/C121H137BN4/c1-113(2,3)70-77-36-32-40-82(56-77)94-68-106(96(62-86(94)75-118(16,17)18)84-42-34-38-79(58-84)72-115(7,8)9)125-108-66-90(123-102-46-30-28-44-92(102)98-64-88(120(22,23)24)48-54-104(98)123)50-52-100(108)122-101-53-51-91(124-103-47-31-29-45-93(103)99-65-89(121(25,26)27)49-55-105(99)124)67-109(101)126(111-61-81(74-117(13,14)15)60-110(125)112(111)122)107-69-95(83-41-33-37-78(57-83)71-114(4,5)6)87(76-119(19,20)21)63-97(107)85-43-35-39-80(59-85)73-116(10,11)12/h28-69H,70-76H2,1-27H3/i28D,29D,30D,31D,44D,45D,46D,47D,70D2,71D2,72D2,73D2,74D2. The molecule has 2 aliphatic heterocycles. The summed E-state index contributed by atoms with van der Waals surface area (Å²) in [6.07, 6.45) is -8.87. The maximum atomic E-state index is 11.2. The fourth-order valence-electron chi connectivity index (χ4n) is 19.0. The summed E-state index contributed by atoms with van der Waals surface area (Å²) in [5, 5.41) is 1.87. The Bertz CT molecular complexity index is 7360. The van der Waals surface area contributed by atoms with Crippen LogP contribution in [0.3, 0.4) is 0 Å². The number of hydrogen-bond acceptors (Lipinski definition) is 2. The van der Waals surface area contributed by atoms with Crippen LogP contribution in [0, 0.1) is 37.9 Å². The van der Waals surface area contributed by atoms with Gasteiger partial charge in [-0.05, 0) is 290 Å². The second-order valence-electron chi connectivity index (χ2n) is 45.3. The Hall–Kier alpha value is -10.9. The molecule has 2 aromatic heterocycles. The highest BCUT2D eigenvalue weighted by molar-refractivity contribution is 7.00. The van der Waals surface area contributed by atoms with Crippen molar-refractivity contribution in [3.8, 4) is 55.9 Å². The maximum Gasteiger partial charge on any atom is 0.252 e. The Morgan fingerprint density at radius 3 is 0.921 bits per heavy atom. The van der Waals surface area contributed by atoms with Gasteiger partial charge in [-0.15, -0.1) is 0 Å². The highest BCUT2D eigenvalue weighted by atomic mass is 15.2. The van der Waals surface area contributed by atoms with E-state index in [-0.39, 0.29) is 52.9 Å². The second-order valence-corrected chi connectivity index (χ2v) is 45.3. The van der Waals surface area contributed by atoms with Gasteiger partial charge in [0.05, 0.1) is 44.4 Å². The van der Waals surface area contributed by atoms with Gasteiger partial charge in [0.15, 0.2) is 0 Å². The number of aromatic nitrogens is 2. The summed E-state index contributed by atoms with van der Waals surface area (Å²) >= 11 is 0. The molecule has 0 saturated carbocycles. The minimum Gasteiger partial charge on any atom is -0.311 e. The molecule has 0 bridgehead atoms. The molecule has 13 aromatic carbocycles. The molecule has 17 rings (SSSR count). The summed E-state index contributed by atoms with van der Waals surface area (Å²) in [7, 11) is 0. The third-order valence-corrected chi connectivity index (χ3v) is 23.7. The monoisotopic (exact) mass is 1680 g/mol. The Balaban J connectivity index is 1.14. The van der Waals surface area contributed by atoms with Crippen LogP contribution in [0.15, 0.2) is 255 Å². The van der Waals surface area contributed by atoms with E-state index < -0.39 is 99.4 Å². The van der Waals surface area contributed by atoms with Crippen molar-refractivity contribution >= 4 is 101 Å². The predicted molar refractivity (Wildman–Crippen MR) is 550 cm³/mol. The second kappa shape index (κ2) is 31.6. The van der Waals surface area contributed by atoms with Gasteiger partial charge in [0, 0.05) is 80.5 Å². The van der Waals surface area contributed by atoms with Crippen LogP contribution in [0.5, 0.6) is 0 Å². The zero-order valence-electron chi connectivity index (χ0n) is 97.4. The van der Waals surface area contributed by atoms with Crippen molar-refractivity contribution in [2.75, 3.05) is 9.80 Å². The molecule has 5 heteroatoms. The molecule has 0 fully saturated rings. The van der Waals surface area contributed by atoms with Crippen molar-refractivity contribution in [2.45, 2.75) is 242 Å². The van der Waals surface area contributed by atoms with Gasteiger partial charge in [0.1, 0.15) is 0 Å². The van der Waals surface area contributed by atoms with Gasteiger partial charge in [0.25, 0.3) is 6.71 Å². The van der Waals surface area contributed by atoms with E-state index in [4.69, 9.17) is 0 Å². The van der Waals surface area contributed by atoms with Gasteiger partial charge in [-0.25, -0.2) is 0 Å². The number of para-hydroxylation sites is 2. The first-order valence-electron chi connectivity index (χ1n) is 54.2. The lowest BCUT2D eigenvalue weighted by molar-refractivity contribution is 0.410. The first-order valence-corrected chi connectivity index (χ1v) is 45.2. The summed E-state index contributed by atoms with van der Waals surface area (Å²) in [4.78, 5) is 4.47. The molecule has 126 heavy (non-hydrogen) atoms. The highest BCUT2D eigenvalue weighted by Crippen LogP contribution is 2.54. The summed E-state index contributed by atoms with van der Waals surface area (Å²) < 4.78 is 186. The van der Waals surface area contributed by atoms with Gasteiger partial charge in [-0.3, -0.25) is 0 Å². The molecule has 15 aromatic rings. The van der Waals surface area contributed by atoms with Gasteiger partial charge in [0.2, 0.25) is 0 Å². The van der Waals surface area contributed by atoms with Crippen LogP contribution in [-0.4, -0.2) is 15.8 Å². The van der Waals surface area contributed by atoms with E-state index in [1.807, 2.05) is 259 Å². The summed E-state index contributed by atoms with van der Waals surface area (Å²) in [6, 6.07) is 65.9. The summed E-state index contributed by atoms with van der Waals surface area (Å²) in [5.74, 6) is 0. The maximum absolute atomic E-state index is 11.2. The molecular weight excluding hydrogens is 1520 g/mol. The normalized spacial score (nSPS) is 16.3. The van der Waals surface area contributed by atoms with E-state index in [2.05, 4.69) is 154 Å². The van der Waals surface area contributed by atoms with Crippen molar-refractivity contribution < 1.29 is 24.7 Å². The Labute approximate surface area is 781 Å². The van der Waals surface area contributed by atoms with Crippen LogP contribution in [0.1, 0.15) is 262 Å². The van der Waals surface area contributed by atoms with Crippen LogP contribution < -0.4 is 26.2 Å². The van der Waals surface area contributed by atoms with Gasteiger partial charge < -0.3 is 18.9 Å². The highest BCUT2D eigenvalue weighted by Gasteiger charge is 2.46. The molecule has 4 nitrogen and oxygen atoms in total. The average molecular weight is 1680 g/mol. The van der Waals surface area contributed by atoms with Crippen molar-refractivity contribution in [3.63, 3.8) is 0 Å². The van der Waals surface area contributed by atoms with Crippen LogP contribution >= 0.6 is 0 Å². The lowest BCUT2D eigenvalue weighted by Gasteiger charge is -2.46. The molecule has 0 saturated heterocycles. The van der Waals surface area contributed by atoms with Crippen LogP contribution in [0.2, 0.25) is 0 Å². The van der Waals surface area contributed by atoms with E-state index in [1.54, 1.807) is 0 Å². The van der Waals surface area contributed by atoms with E-state index in [0.717, 1.165) is 44.3 Å². The topological polar surface area (TPSA) is 16.3 Å². The van der Waals surface area contributed by atoms with E-state index >= 15 is 0 Å². The van der Waals surface area contributed by atoms with Gasteiger partial charge in [-0.1, -0.05) is 345 Å². The third kappa shape index (κ3) is 17.9. The number of benzene rings is 13. The fraction of sp³-hybridized carbons (Fsp3) is 0.355. The Morgan fingerprint density at radius 1 is 0.270 bits per heavy atom. The van der Waals surface area contributed by atoms with Crippen molar-refractivity contribution in [1.29, 1.82) is 0 Å². The molecular formula is C121H137BN4. The zero-order valence-corrected chi connectivity index (χ0v) is 79.4. The largest absolute Gasteiger partial charge is 0.311 e. The van der Waals surface area contributed by atoms with Crippen LogP contribution in [0.4, 0.5) is 34.1 Å². The molecule has 0 N–H and O–H groups in total. The molecule has 644 valence electrons. The molecule has 2 aliphatic rings. The predicted octanol–water partition coefficient (Wildman–Crippen LogP) is 32.3. The quantitative estimate of drug-likeness (QED) is 0.0951. The van der Waals surface area contributed by atoms with Crippen LogP contribution in [-0.2, 0) is 55.5 Å². The van der Waals surface area contributed by atoms with E-state index in [1.165, 1.54) is 0 Å². The first-order chi connectivity index (χ1) is 66.2. The molecule has 0 radical (unpaired) electrons. The SMILES string of the molecule is [2H]c1c([2H])c([2H])c2c(c1[2H])c1cc(C(C)(C)C)ccc1n2-c1ccc2c(c1)N(c1cc(-c3cccc(C([2H])([2H])C(C)(C)C)c3)c(CC(C)(C)C)cc1-c1cccc(C([2H])([2H])C(C)(C)C)c1)c1cc(C([2H])([2H])C(C)(C)C)cc3c1B2c1ccc(-n2c4ccc(C(C)(C)C)cc4c4c([2H])c([2H])c([2H])c([2H])c42)cc1N3c1cc(-c2cccc(C([2H])([2H])C(C)(C)C)c2)c(CC(C)(C)C)cc1-c1cccc(C([2H])([2H])C(C)(C)C)c1. The van der Waals surface area contributed by atoms with Crippen molar-refractivity contribution in [2.24, 2.45) is 37.9 Å².